The van der Waals surface area contributed by atoms with Crippen molar-refractivity contribution in [1.29, 1.82) is 0 Å². The predicted octanol–water partition coefficient (Wildman–Crippen LogP) is 3.54. The van der Waals surface area contributed by atoms with Gasteiger partial charge in [0.2, 0.25) is 0 Å². The number of carbonyl (C=O) groups excluding carboxylic acids is 3. The normalized spacial score (nSPS) is 21.0. The van der Waals surface area contributed by atoms with Crippen LogP contribution in [0.5, 0.6) is 0 Å². The Labute approximate surface area is 174 Å². The summed E-state index contributed by atoms with van der Waals surface area (Å²) < 4.78 is 15.1. The number of nitro benzene ring substituents is 1. The second-order valence-electron chi connectivity index (χ2n) is 7.95. The van der Waals surface area contributed by atoms with Gasteiger partial charge in [-0.25, -0.2) is 14.4 Å². The van der Waals surface area contributed by atoms with E-state index in [2.05, 4.69) is 25.5 Å². The van der Waals surface area contributed by atoms with Crippen LogP contribution >= 0.6 is 0 Å². The first-order valence-electron chi connectivity index (χ1n) is 9.86. The van der Waals surface area contributed by atoms with E-state index in [1.165, 1.54) is 0 Å². The van der Waals surface area contributed by atoms with Gasteiger partial charge in [-0.05, 0) is 36.7 Å². The zero-order chi connectivity index (χ0) is 22.4. The highest BCUT2D eigenvalue weighted by Crippen LogP contribution is 2.35. The van der Waals surface area contributed by atoms with Gasteiger partial charge >= 0.3 is 17.9 Å². The third kappa shape index (κ3) is 6.01. The van der Waals surface area contributed by atoms with Crippen molar-refractivity contribution in [2.24, 2.45) is 17.8 Å². The number of rotatable bonds is 7. The molecule has 0 aromatic heterocycles. The first-order valence-corrected chi connectivity index (χ1v) is 9.86. The van der Waals surface area contributed by atoms with Gasteiger partial charge < -0.3 is 14.2 Å². The van der Waals surface area contributed by atoms with Gasteiger partial charge in [0, 0.05) is 12.1 Å². The molecule has 164 valence electrons. The molecule has 1 aromatic carbocycles. The molecule has 0 saturated heterocycles. The maximum atomic E-state index is 12.3. The summed E-state index contributed by atoms with van der Waals surface area (Å²) >= 11 is 0. The summed E-state index contributed by atoms with van der Waals surface area (Å²) in [4.78, 5) is 46.6. The SMILES string of the molecule is COC(=O)c1cc(C(=O)OCC(=O)O[C@@H]2C[C@@H](C)CC[C@@H]2C(C)C)cc([N+](=O)[O-])c1. The molecule has 0 unspecified atom stereocenters. The van der Waals surface area contributed by atoms with Crippen molar-refractivity contribution < 1.29 is 33.5 Å². The van der Waals surface area contributed by atoms with Crippen LogP contribution in [0.15, 0.2) is 18.2 Å². The molecule has 3 atom stereocenters. The fraction of sp³-hybridized carbons (Fsp3) is 0.571. The molecular formula is C21H27NO8. The van der Waals surface area contributed by atoms with E-state index in [0.717, 1.165) is 44.6 Å². The molecular weight excluding hydrogens is 394 g/mol. The maximum absolute atomic E-state index is 12.3. The minimum Gasteiger partial charge on any atom is -0.465 e. The standard InChI is InChI=1S/C21H27NO8/c1-12(2)17-6-5-13(3)7-18(17)30-19(23)11-29-21(25)15-8-14(20(24)28-4)9-16(10-15)22(26)27/h8-10,12-13,17-18H,5-7,11H2,1-4H3/t13-,17+,18+/m0/s1. The highest BCUT2D eigenvalue weighted by atomic mass is 16.6. The number of hydrogen-bond donors (Lipinski definition) is 0. The largest absolute Gasteiger partial charge is 0.465 e. The second-order valence-corrected chi connectivity index (χ2v) is 7.95. The minimum atomic E-state index is -0.974. The molecule has 2 rings (SSSR count). The number of non-ortho nitro benzene ring substituents is 1. The molecule has 1 saturated carbocycles. The van der Waals surface area contributed by atoms with Crippen molar-refractivity contribution in [2.45, 2.75) is 46.1 Å². The fourth-order valence-electron chi connectivity index (χ4n) is 3.73. The Morgan fingerprint density at radius 3 is 2.33 bits per heavy atom. The summed E-state index contributed by atoms with van der Waals surface area (Å²) in [6.45, 7) is 5.66. The number of methoxy groups -OCH3 is 1. The van der Waals surface area contributed by atoms with Gasteiger partial charge in [0.15, 0.2) is 6.61 Å². The number of benzene rings is 1. The summed E-state index contributed by atoms with van der Waals surface area (Å²) in [7, 11) is 1.12. The lowest BCUT2D eigenvalue weighted by atomic mass is 9.75. The first-order chi connectivity index (χ1) is 14.1. The van der Waals surface area contributed by atoms with E-state index in [-0.39, 0.29) is 23.1 Å². The Hall–Kier alpha value is -2.97. The van der Waals surface area contributed by atoms with E-state index in [9.17, 15) is 24.5 Å². The summed E-state index contributed by atoms with van der Waals surface area (Å²) in [5.41, 5.74) is -0.871. The molecule has 30 heavy (non-hydrogen) atoms. The van der Waals surface area contributed by atoms with Gasteiger partial charge in [0.05, 0.1) is 23.2 Å². The van der Waals surface area contributed by atoms with E-state index in [0.29, 0.717) is 11.8 Å². The van der Waals surface area contributed by atoms with Crippen LogP contribution in [0.25, 0.3) is 0 Å². The molecule has 1 fully saturated rings. The van der Waals surface area contributed by atoms with Crippen molar-refractivity contribution >= 4 is 23.6 Å². The lowest BCUT2D eigenvalue weighted by Crippen LogP contribution is -2.36. The molecule has 0 spiro atoms. The van der Waals surface area contributed by atoms with E-state index < -0.39 is 35.1 Å². The number of ether oxygens (including phenoxy) is 3. The third-order valence-corrected chi connectivity index (χ3v) is 5.35. The van der Waals surface area contributed by atoms with E-state index in [1.54, 1.807) is 0 Å². The van der Waals surface area contributed by atoms with Crippen LogP contribution in [-0.4, -0.2) is 42.7 Å². The topological polar surface area (TPSA) is 122 Å². The zero-order valence-electron chi connectivity index (χ0n) is 17.6. The molecule has 1 aromatic rings. The minimum absolute atomic E-state index is 0.169. The molecule has 1 aliphatic rings. The summed E-state index contributed by atoms with van der Waals surface area (Å²) in [5.74, 6) is -1.43. The maximum Gasteiger partial charge on any atom is 0.344 e. The molecule has 9 nitrogen and oxygen atoms in total. The van der Waals surface area contributed by atoms with Crippen LogP contribution in [0, 0.1) is 27.9 Å². The van der Waals surface area contributed by atoms with E-state index in [1.807, 2.05) is 0 Å². The molecule has 1 aliphatic carbocycles. The van der Waals surface area contributed by atoms with Crippen LogP contribution in [-0.2, 0) is 19.0 Å². The van der Waals surface area contributed by atoms with Crippen LogP contribution in [0.3, 0.4) is 0 Å². The van der Waals surface area contributed by atoms with Crippen LogP contribution < -0.4 is 0 Å². The lowest BCUT2D eigenvalue weighted by Gasteiger charge is -2.36. The quantitative estimate of drug-likeness (QED) is 0.283. The molecule has 0 N–H and O–H groups in total. The van der Waals surface area contributed by atoms with Gasteiger partial charge in [-0.3, -0.25) is 10.1 Å². The summed E-state index contributed by atoms with van der Waals surface area (Å²) in [6, 6.07) is 3.08. The van der Waals surface area contributed by atoms with Gasteiger partial charge in [-0.15, -0.1) is 0 Å². The number of carbonyl (C=O) groups is 3. The molecule has 9 heteroatoms. The van der Waals surface area contributed by atoms with Crippen molar-refractivity contribution in [3.05, 3.63) is 39.4 Å². The monoisotopic (exact) mass is 421 g/mol. The Bertz CT molecular complexity index is 819. The lowest BCUT2D eigenvalue weighted by molar-refractivity contribution is -0.384. The van der Waals surface area contributed by atoms with Crippen LogP contribution in [0.2, 0.25) is 0 Å². The predicted molar refractivity (Wildman–Crippen MR) is 106 cm³/mol. The Morgan fingerprint density at radius 1 is 1.13 bits per heavy atom. The number of nitrogens with zero attached hydrogens (tertiary/aromatic N) is 1. The molecule has 0 radical (unpaired) electrons. The van der Waals surface area contributed by atoms with E-state index in [4.69, 9.17) is 9.47 Å². The molecule has 0 heterocycles. The highest BCUT2D eigenvalue weighted by molar-refractivity contribution is 5.97. The average molecular weight is 421 g/mol. The average Bonchev–Trinajstić information content (AvgIpc) is 2.70. The first kappa shape index (κ1) is 23.3. The smallest absolute Gasteiger partial charge is 0.344 e. The Kier molecular flexibility index (Phi) is 7.91. The van der Waals surface area contributed by atoms with Crippen LogP contribution in [0.4, 0.5) is 5.69 Å². The van der Waals surface area contributed by atoms with Crippen molar-refractivity contribution in [1.82, 2.24) is 0 Å². The fourth-order valence-corrected chi connectivity index (χ4v) is 3.73. The number of nitro groups is 1. The van der Waals surface area contributed by atoms with Gasteiger partial charge in [-0.2, -0.15) is 0 Å². The zero-order valence-corrected chi connectivity index (χ0v) is 17.6. The Balaban J connectivity index is 2.04. The molecule has 0 bridgehead atoms. The van der Waals surface area contributed by atoms with Crippen LogP contribution in [0.1, 0.15) is 60.7 Å². The number of hydrogen-bond acceptors (Lipinski definition) is 8. The van der Waals surface area contributed by atoms with Gasteiger partial charge in [0.25, 0.3) is 5.69 Å². The van der Waals surface area contributed by atoms with E-state index >= 15 is 0 Å². The van der Waals surface area contributed by atoms with Crippen molar-refractivity contribution in [3.63, 3.8) is 0 Å². The summed E-state index contributed by atoms with van der Waals surface area (Å²) in [6.07, 6.45) is 2.58. The second kappa shape index (κ2) is 10.2. The van der Waals surface area contributed by atoms with Gasteiger partial charge in [-0.1, -0.05) is 27.2 Å². The summed E-state index contributed by atoms with van der Waals surface area (Å²) in [5, 5.41) is 11.1. The third-order valence-electron chi connectivity index (χ3n) is 5.35. The molecule has 0 amide bonds. The van der Waals surface area contributed by atoms with Crippen molar-refractivity contribution in [3.8, 4) is 0 Å². The molecule has 0 aliphatic heterocycles. The number of esters is 3. The highest BCUT2D eigenvalue weighted by Gasteiger charge is 2.33. The van der Waals surface area contributed by atoms with Crippen molar-refractivity contribution in [2.75, 3.05) is 13.7 Å². The Morgan fingerprint density at radius 2 is 1.77 bits per heavy atom. The van der Waals surface area contributed by atoms with Gasteiger partial charge in [0.1, 0.15) is 6.10 Å².